The molecule has 2 nitrogen and oxygen atoms in total. The molecule has 0 amide bonds. The van der Waals surface area contributed by atoms with Gasteiger partial charge in [-0.2, -0.15) is 0 Å². The average Bonchev–Trinajstić information content (AvgIpc) is 2.72. The molecule has 2 N–H and O–H groups in total. The molecule has 0 radical (unpaired) electrons. The van der Waals surface area contributed by atoms with Gasteiger partial charge >= 0.3 is 0 Å². The smallest absolute Gasteiger partial charge is 0.123 e. The topological polar surface area (TPSA) is 29.3 Å². The highest BCUT2D eigenvalue weighted by Gasteiger charge is 2.25. The van der Waals surface area contributed by atoms with Crippen LogP contribution in [-0.2, 0) is 6.54 Å². The van der Waals surface area contributed by atoms with E-state index >= 15 is 0 Å². The van der Waals surface area contributed by atoms with Gasteiger partial charge in [0.25, 0.3) is 0 Å². The van der Waals surface area contributed by atoms with Crippen LogP contribution >= 0.6 is 15.9 Å². The van der Waals surface area contributed by atoms with Gasteiger partial charge in [0.15, 0.2) is 0 Å². The molecule has 1 aliphatic rings. The van der Waals surface area contributed by atoms with E-state index in [0.29, 0.717) is 5.92 Å². The average molecular weight is 301 g/mol. The first-order valence-electron chi connectivity index (χ1n) is 5.98. The van der Waals surface area contributed by atoms with Crippen molar-refractivity contribution >= 4 is 15.9 Å². The number of nitrogens with zero attached hydrogens (tertiary/aromatic N) is 1. The van der Waals surface area contributed by atoms with Crippen LogP contribution in [-0.4, -0.2) is 24.0 Å². The van der Waals surface area contributed by atoms with Crippen molar-refractivity contribution in [2.45, 2.75) is 25.9 Å². The van der Waals surface area contributed by atoms with Gasteiger partial charge in [-0.15, -0.1) is 0 Å². The van der Waals surface area contributed by atoms with Gasteiger partial charge in [-0.25, -0.2) is 4.39 Å². The van der Waals surface area contributed by atoms with Gasteiger partial charge in [0.1, 0.15) is 5.82 Å². The number of likely N-dealkylation sites (tertiary alicyclic amines) is 1. The Hall–Kier alpha value is -0.450. The first-order chi connectivity index (χ1) is 8.06. The molecule has 0 bridgehead atoms. The molecule has 1 aromatic carbocycles. The third kappa shape index (κ3) is 3.27. The van der Waals surface area contributed by atoms with Crippen LogP contribution in [0.15, 0.2) is 22.7 Å². The summed E-state index contributed by atoms with van der Waals surface area (Å²) in [7, 11) is 0. The van der Waals surface area contributed by atoms with E-state index < -0.39 is 0 Å². The van der Waals surface area contributed by atoms with Crippen molar-refractivity contribution in [2.24, 2.45) is 11.7 Å². The fourth-order valence-electron chi connectivity index (χ4n) is 2.34. The zero-order chi connectivity index (χ0) is 12.4. The molecule has 1 heterocycles. The van der Waals surface area contributed by atoms with Crippen LogP contribution in [0.3, 0.4) is 0 Å². The molecule has 0 aromatic heterocycles. The Morgan fingerprint density at radius 3 is 3.00 bits per heavy atom. The van der Waals surface area contributed by atoms with Crippen molar-refractivity contribution in [1.29, 1.82) is 0 Å². The zero-order valence-electron chi connectivity index (χ0n) is 10.00. The molecular formula is C13H18BrFN2. The Morgan fingerprint density at radius 2 is 2.35 bits per heavy atom. The molecule has 2 atom stereocenters. The minimum Gasteiger partial charge on any atom is -0.328 e. The highest BCUT2D eigenvalue weighted by Crippen LogP contribution is 2.24. The molecule has 0 aliphatic carbocycles. The second kappa shape index (κ2) is 5.46. The summed E-state index contributed by atoms with van der Waals surface area (Å²) in [5.74, 6) is 0.397. The van der Waals surface area contributed by atoms with Crippen molar-refractivity contribution in [3.8, 4) is 0 Å². The molecule has 1 aliphatic heterocycles. The maximum atomic E-state index is 13.2. The highest BCUT2D eigenvalue weighted by molar-refractivity contribution is 9.10. The van der Waals surface area contributed by atoms with E-state index in [4.69, 9.17) is 5.73 Å². The van der Waals surface area contributed by atoms with Crippen molar-refractivity contribution in [2.75, 3.05) is 13.1 Å². The lowest BCUT2D eigenvalue weighted by Crippen LogP contribution is -2.29. The lowest BCUT2D eigenvalue weighted by Gasteiger charge is -2.18. The van der Waals surface area contributed by atoms with Gasteiger partial charge in [0.05, 0.1) is 0 Å². The van der Waals surface area contributed by atoms with Gasteiger partial charge in [-0.1, -0.05) is 15.9 Å². The molecule has 1 saturated heterocycles. The molecular weight excluding hydrogens is 283 g/mol. The second-order valence-electron chi connectivity index (χ2n) is 4.88. The summed E-state index contributed by atoms with van der Waals surface area (Å²) in [6.45, 7) is 4.92. The standard InChI is InChI=1S/C13H18BrFN2/c1-9(16)10-4-5-17(7-10)8-11-6-12(15)2-3-13(11)14/h2-3,6,9-10H,4-5,7-8,16H2,1H3. The van der Waals surface area contributed by atoms with E-state index in [0.717, 1.165) is 36.1 Å². The van der Waals surface area contributed by atoms with Crippen LogP contribution in [0.5, 0.6) is 0 Å². The number of rotatable bonds is 3. The predicted octanol–water partition coefficient (Wildman–Crippen LogP) is 2.76. The number of halogens is 2. The molecule has 1 fully saturated rings. The summed E-state index contributed by atoms with van der Waals surface area (Å²) in [6.07, 6.45) is 1.14. The molecule has 17 heavy (non-hydrogen) atoms. The maximum absolute atomic E-state index is 13.2. The number of hydrogen-bond acceptors (Lipinski definition) is 2. The second-order valence-corrected chi connectivity index (χ2v) is 5.73. The Balaban J connectivity index is 2.00. The summed E-state index contributed by atoms with van der Waals surface area (Å²) in [4.78, 5) is 2.34. The number of benzene rings is 1. The van der Waals surface area contributed by atoms with Crippen molar-refractivity contribution < 1.29 is 4.39 Å². The van der Waals surface area contributed by atoms with E-state index in [1.165, 1.54) is 6.07 Å². The SMILES string of the molecule is CC(N)C1CCN(Cc2cc(F)ccc2Br)C1. The third-order valence-corrected chi connectivity index (χ3v) is 4.23. The molecule has 1 aromatic rings. The van der Waals surface area contributed by atoms with Crippen molar-refractivity contribution in [1.82, 2.24) is 4.90 Å². The van der Waals surface area contributed by atoms with Crippen LogP contribution in [0, 0.1) is 11.7 Å². The van der Waals surface area contributed by atoms with E-state index in [2.05, 4.69) is 27.8 Å². The number of hydrogen-bond donors (Lipinski definition) is 1. The molecule has 0 saturated carbocycles. The van der Waals surface area contributed by atoms with Crippen LogP contribution in [0.2, 0.25) is 0 Å². The lowest BCUT2D eigenvalue weighted by molar-refractivity contribution is 0.307. The lowest BCUT2D eigenvalue weighted by atomic mass is 10.0. The van der Waals surface area contributed by atoms with Gasteiger partial charge in [0.2, 0.25) is 0 Å². The largest absolute Gasteiger partial charge is 0.328 e. The molecule has 4 heteroatoms. The van der Waals surface area contributed by atoms with Crippen LogP contribution in [0.4, 0.5) is 4.39 Å². The zero-order valence-corrected chi connectivity index (χ0v) is 11.6. The summed E-state index contributed by atoms with van der Waals surface area (Å²) in [5, 5.41) is 0. The number of nitrogens with two attached hydrogens (primary N) is 1. The normalized spacial score (nSPS) is 22.9. The van der Waals surface area contributed by atoms with Crippen LogP contribution in [0.25, 0.3) is 0 Å². The van der Waals surface area contributed by atoms with E-state index in [1.807, 2.05) is 0 Å². The molecule has 2 rings (SSSR count). The Morgan fingerprint density at radius 1 is 1.59 bits per heavy atom. The summed E-state index contributed by atoms with van der Waals surface area (Å²) < 4.78 is 14.1. The molecule has 2 unspecified atom stereocenters. The van der Waals surface area contributed by atoms with Crippen LogP contribution < -0.4 is 5.73 Å². The van der Waals surface area contributed by atoms with Gasteiger partial charge in [-0.3, -0.25) is 4.90 Å². The molecule has 0 spiro atoms. The highest BCUT2D eigenvalue weighted by atomic mass is 79.9. The van der Waals surface area contributed by atoms with Gasteiger partial charge in [-0.05, 0) is 49.6 Å². The summed E-state index contributed by atoms with van der Waals surface area (Å²) in [6, 6.07) is 5.09. The van der Waals surface area contributed by atoms with Crippen LogP contribution in [0.1, 0.15) is 18.9 Å². The van der Waals surface area contributed by atoms with Gasteiger partial charge in [0, 0.05) is 23.6 Å². The summed E-state index contributed by atoms with van der Waals surface area (Å²) >= 11 is 3.46. The summed E-state index contributed by atoms with van der Waals surface area (Å²) in [5.41, 5.74) is 6.92. The van der Waals surface area contributed by atoms with Crippen molar-refractivity contribution in [3.63, 3.8) is 0 Å². The van der Waals surface area contributed by atoms with Gasteiger partial charge < -0.3 is 5.73 Å². The Kier molecular flexibility index (Phi) is 4.17. The Labute approximate surface area is 110 Å². The quantitative estimate of drug-likeness (QED) is 0.930. The fourth-order valence-corrected chi connectivity index (χ4v) is 2.71. The van der Waals surface area contributed by atoms with Crippen molar-refractivity contribution in [3.05, 3.63) is 34.1 Å². The first kappa shape index (κ1) is 13.0. The molecule has 94 valence electrons. The predicted molar refractivity (Wildman–Crippen MR) is 71.1 cm³/mol. The minimum absolute atomic E-state index is 0.175. The fraction of sp³-hybridized carbons (Fsp3) is 0.538. The van der Waals surface area contributed by atoms with E-state index in [9.17, 15) is 4.39 Å². The maximum Gasteiger partial charge on any atom is 0.123 e. The first-order valence-corrected chi connectivity index (χ1v) is 6.77. The van der Waals surface area contributed by atoms with E-state index in [-0.39, 0.29) is 11.9 Å². The Bertz CT molecular complexity index is 395. The van der Waals surface area contributed by atoms with E-state index in [1.54, 1.807) is 12.1 Å². The third-order valence-electron chi connectivity index (χ3n) is 3.45. The minimum atomic E-state index is -0.175. The monoisotopic (exact) mass is 300 g/mol.